The summed E-state index contributed by atoms with van der Waals surface area (Å²) >= 11 is 0. The first-order valence-corrected chi connectivity index (χ1v) is 6.42. The van der Waals surface area contributed by atoms with E-state index in [1.165, 1.54) is 0 Å². The first-order chi connectivity index (χ1) is 9.36. The van der Waals surface area contributed by atoms with Crippen LogP contribution in [0.5, 0.6) is 0 Å². The number of amides is 1. The minimum atomic E-state index is -0.437. The number of carbonyl (C=O) groups excluding carboxylic acids is 2. The highest BCUT2D eigenvalue weighted by atomic mass is 16.7. The lowest BCUT2D eigenvalue weighted by Gasteiger charge is -2.16. The van der Waals surface area contributed by atoms with Gasteiger partial charge in [-0.2, -0.15) is 0 Å². The standard InChI is InChI=1S/C15H21NO4/c1-15(2,3)13(17)11-5-7-12(8-6-11)14(18)16-20-10-9-19-4/h5-8H,9-10H2,1-4H3,(H,16,18). The van der Waals surface area contributed by atoms with Crippen molar-refractivity contribution in [3.05, 3.63) is 35.4 Å². The van der Waals surface area contributed by atoms with E-state index in [1.807, 2.05) is 20.8 Å². The SMILES string of the molecule is COCCONC(=O)c1ccc(C(=O)C(C)(C)C)cc1. The number of ether oxygens (including phenoxy) is 1. The van der Waals surface area contributed by atoms with E-state index in [4.69, 9.17) is 9.57 Å². The highest BCUT2D eigenvalue weighted by Gasteiger charge is 2.22. The van der Waals surface area contributed by atoms with Crippen LogP contribution in [0.3, 0.4) is 0 Å². The zero-order valence-corrected chi connectivity index (χ0v) is 12.4. The second-order valence-electron chi connectivity index (χ2n) is 5.43. The van der Waals surface area contributed by atoms with Crippen LogP contribution in [0.25, 0.3) is 0 Å². The van der Waals surface area contributed by atoms with Crippen LogP contribution >= 0.6 is 0 Å². The van der Waals surface area contributed by atoms with Crippen LogP contribution in [0.4, 0.5) is 0 Å². The monoisotopic (exact) mass is 279 g/mol. The number of rotatable bonds is 6. The number of methoxy groups -OCH3 is 1. The molecule has 0 aliphatic heterocycles. The number of hydrogen-bond donors (Lipinski definition) is 1. The number of carbonyl (C=O) groups is 2. The van der Waals surface area contributed by atoms with E-state index in [0.29, 0.717) is 17.7 Å². The van der Waals surface area contributed by atoms with Crippen molar-refractivity contribution in [1.82, 2.24) is 5.48 Å². The van der Waals surface area contributed by atoms with Crippen molar-refractivity contribution in [2.24, 2.45) is 5.41 Å². The smallest absolute Gasteiger partial charge is 0.274 e. The Labute approximate surface area is 119 Å². The van der Waals surface area contributed by atoms with Crippen molar-refractivity contribution in [2.45, 2.75) is 20.8 Å². The molecule has 0 aromatic heterocycles. The Hall–Kier alpha value is -1.72. The number of benzene rings is 1. The fourth-order valence-electron chi connectivity index (χ4n) is 1.51. The molecule has 1 aromatic rings. The normalized spacial score (nSPS) is 11.2. The van der Waals surface area contributed by atoms with E-state index in [1.54, 1.807) is 31.4 Å². The van der Waals surface area contributed by atoms with Gasteiger partial charge < -0.3 is 4.74 Å². The summed E-state index contributed by atoms with van der Waals surface area (Å²) in [5.74, 6) is -0.309. The summed E-state index contributed by atoms with van der Waals surface area (Å²) in [5, 5.41) is 0. The summed E-state index contributed by atoms with van der Waals surface area (Å²) in [7, 11) is 1.55. The number of Topliss-reactive ketones (excluding diaryl/α,β-unsaturated/α-hetero) is 1. The minimum Gasteiger partial charge on any atom is -0.382 e. The average Bonchev–Trinajstić information content (AvgIpc) is 2.41. The minimum absolute atomic E-state index is 0.0424. The van der Waals surface area contributed by atoms with E-state index < -0.39 is 5.41 Å². The maximum absolute atomic E-state index is 12.1. The molecule has 0 aliphatic carbocycles. The summed E-state index contributed by atoms with van der Waals surface area (Å²) < 4.78 is 4.79. The van der Waals surface area contributed by atoms with Gasteiger partial charge in [-0.15, -0.1) is 0 Å². The Morgan fingerprint density at radius 3 is 2.10 bits per heavy atom. The molecule has 110 valence electrons. The second-order valence-corrected chi connectivity index (χ2v) is 5.43. The van der Waals surface area contributed by atoms with Gasteiger partial charge in [-0.3, -0.25) is 14.4 Å². The molecule has 20 heavy (non-hydrogen) atoms. The van der Waals surface area contributed by atoms with Crippen molar-refractivity contribution < 1.29 is 19.2 Å². The Balaban J connectivity index is 2.62. The highest BCUT2D eigenvalue weighted by molar-refractivity contribution is 6.01. The van der Waals surface area contributed by atoms with Crippen molar-refractivity contribution >= 4 is 11.7 Å². The van der Waals surface area contributed by atoms with Gasteiger partial charge in [-0.1, -0.05) is 32.9 Å². The third-order valence-electron chi connectivity index (χ3n) is 2.64. The van der Waals surface area contributed by atoms with E-state index in [0.717, 1.165) is 0 Å². The van der Waals surface area contributed by atoms with Crippen molar-refractivity contribution in [2.75, 3.05) is 20.3 Å². The Morgan fingerprint density at radius 1 is 1.05 bits per heavy atom. The lowest BCUT2D eigenvalue weighted by atomic mass is 9.86. The summed E-state index contributed by atoms with van der Waals surface area (Å²) in [6.45, 7) is 6.26. The summed E-state index contributed by atoms with van der Waals surface area (Å²) in [6.07, 6.45) is 0. The molecule has 0 heterocycles. The molecule has 0 bridgehead atoms. The van der Waals surface area contributed by atoms with Gasteiger partial charge in [0.25, 0.3) is 5.91 Å². The predicted molar refractivity (Wildman–Crippen MR) is 75.5 cm³/mol. The maximum Gasteiger partial charge on any atom is 0.274 e. The fraction of sp³-hybridized carbons (Fsp3) is 0.467. The number of nitrogens with one attached hydrogen (secondary N) is 1. The van der Waals surface area contributed by atoms with Gasteiger partial charge in [-0.25, -0.2) is 5.48 Å². The molecule has 0 saturated heterocycles. The molecular weight excluding hydrogens is 258 g/mol. The van der Waals surface area contributed by atoms with Crippen LogP contribution in [-0.4, -0.2) is 32.0 Å². The molecule has 0 radical (unpaired) electrons. The Morgan fingerprint density at radius 2 is 1.60 bits per heavy atom. The average molecular weight is 279 g/mol. The third-order valence-corrected chi connectivity index (χ3v) is 2.64. The number of ketones is 1. The molecule has 1 aromatic carbocycles. The van der Waals surface area contributed by atoms with E-state index in [2.05, 4.69) is 5.48 Å². The third kappa shape index (κ3) is 4.75. The molecule has 0 spiro atoms. The fourth-order valence-corrected chi connectivity index (χ4v) is 1.51. The van der Waals surface area contributed by atoms with Crippen molar-refractivity contribution in [1.29, 1.82) is 0 Å². The van der Waals surface area contributed by atoms with Crippen molar-refractivity contribution in [3.8, 4) is 0 Å². The van der Waals surface area contributed by atoms with Gasteiger partial charge in [0.2, 0.25) is 0 Å². The topological polar surface area (TPSA) is 64.6 Å². The predicted octanol–water partition coefficient (Wildman–Crippen LogP) is 2.22. The van der Waals surface area contributed by atoms with Gasteiger partial charge in [-0.05, 0) is 12.1 Å². The van der Waals surface area contributed by atoms with Crippen LogP contribution in [-0.2, 0) is 9.57 Å². The van der Waals surface area contributed by atoms with Gasteiger partial charge >= 0.3 is 0 Å². The lowest BCUT2D eigenvalue weighted by molar-refractivity contribution is 0.00888. The second kappa shape index (κ2) is 7.17. The summed E-state index contributed by atoms with van der Waals surface area (Å²) in [5.41, 5.74) is 2.90. The molecule has 1 rings (SSSR count). The number of hydrogen-bond acceptors (Lipinski definition) is 4. The van der Waals surface area contributed by atoms with Gasteiger partial charge in [0, 0.05) is 23.7 Å². The van der Waals surface area contributed by atoms with Crippen LogP contribution in [0.2, 0.25) is 0 Å². The quantitative estimate of drug-likeness (QED) is 0.492. The zero-order valence-electron chi connectivity index (χ0n) is 12.4. The highest BCUT2D eigenvalue weighted by Crippen LogP contribution is 2.20. The first kappa shape index (κ1) is 16.3. The number of hydroxylamine groups is 1. The van der Waals surface area contributed by atoms with Gasteiger partial charge in [0.05, 0.1) is 13.2 Å². The molecule has 5 nitrogen and oxygen atoms in total. The van der Waals surface area contributed by atoms with E-state index in [9.17, 15) is 9.59 Å². The molecule has 0 aliphatic rings. The van der Waals surface area contributed by atoms with Crippen molar-refractivity contribution in [3.63, 3.8) is 0 Å². The Kier molecular flexibility index (Phi) is 5.85. The zero-order chi connectivity index (χ0) is 15.2. The van der Waals surface area contributed by atoms with Gasteiger partial charge in [0.15, 0.2) is 5.78 Å². The maximum atomic E-state index is 12.1. The van der Waals surface area contributed by atoms with Crippen LogP contribution in [0.1, 0.15) is 41.5 Å². The van der Waals surface area contributed by atoms with Gasteiger partial charge in [0.1, 0.15) is 0 Å². The molecular formula is C15H21NO4. The molecule has 0 fully saturated rings. The van der Waals surface area contributed by atoms with Crippen LogP contribution < -0.4 is 5.48 Å². The molecule has 0 saturated carbocycles. The first-order valence-electron chi connectivity index (χ1n) is 6.42. The molecule has 0 atom stereocenters. The largest absolute Gasteiger partial charge is 0.382 e. The van der Waals surface area contributed by atoms with E-state index in [-0.39, 0.29) is 18.3 Å². The molecule has 0 unspecified atom stereocenters. The summed E-state index contributed by atoms with van der Waals surface area (Å²) in [6, 6.07) is 6.51. The summed E-state index contributed by atoms with van der Waals surface area (Å²) in [4.78, 5) is 28.7. The van der Waals surface area contributed by atoms with Crippen LogP contribution in [0.15, 0.2) is 24.3 Å². The Bertz CT molecular complexity index is 460. The van der Waals surface area contributed by atoms with Crippen LogP contribution in [0, 0.1) is 5.41 Å². The molecule has 1 amide bonds. The molecule has 1 N–H and O–H groups in total. The van der Waals surface area contributed by atoms with E-state index >= 15 is 0 Å². The molecule has 5 heteroatoms. The lowest BCUT2D eigenvalue weighted by Crippen LogP contribution is -2.25.